The predicted octanol–water partition coefficient (Wildman–Crippen LogP) is 4.77. The Kier molecular flexibility index (Phi) is 5.38. The lowest BCUT2D eigenvalue weighted by Gasteiger charge is -2.33. The number of aliphatic hydroxyl groups is 1. The molecule has 0 amide bonds. The van der Waals surface area contributed by atoms with Crippen LogP contribution in [0.2, 0.25) is 0 Å². The Morgan fingerprint density at radius 1 is 1.21 bits per heavy atom. The molecule has 0 aliphatic carbocycles. The highest BCUT2D eigenvalue weighted by atomic mass is 32.1. The summed E-state index contributed by atoms with van der Waals surface area (Å²) in [7, 11) is 0. The Bertz CT molecular complexity index is 976. The van der Waals surface area contributed by atoms with Gasteiger partial charge in [0.1, 0.15) is 10.7 Å². The SMILES string of the molecule is O=[N+]([O-])c1ccc(CN2CCC(c3ccc(CO)cc3)=CC2c2cccs2)o1. The standard InChI is InChI=1S/C21H20N2O4S/c24-14-15-3-5-16(6-4-15)17-9-10-22(19(12-17)20-2-1-11-28-20)13-18-7-8-21(27-18)23(25)26/h1-8,11-12,19,24H,9-10,13-14H2. The third-order valence-electron chi connectivity index (χ3n) is 4.95. The van der Waals surface area contributed by atoms with Gasteiger partial charge in [-0.05, 0) is 40.6 Å². The quantitative estimate of drug-likeness (QED) is 0.479. The number of nitro groups is 1. The molecule has 0 bridgehead atoms. The molecule has 1 unspecified atom stereocenters. The molecule has 28 heavy (non-hydrogen) atoms. The Hall–Kier alpha value is -2.74. The number of benzene rings is 1. The Morgan fingerprint density at radius 3 is 2.68 bits per heavy atom. The second-order valence-corrected chi connectivity index (χ2v) is 7.70. The molecule has 7 heteroatoms. The normalized spacial score (nSPS) is 17.5. The first-order valence-corrected chi connectivity index (χ1v) is 9.93. The summed E-state index contributed by atoms with van der Waals surface area (Å²) in [5, 5.41) is 22.2. The van der Waals surface area contributed by atoms with Crippen LogP contribution in [0, 0.1) is 10.1 Å². The second-order valence-electron chi connectivity index (χ2n) is 6.72. The van der Waals surface area contributed by atoms with Crippen molar-refractivity contribution in [1.82, 2.24) is 4.90 Å². The van der Waals surface area contributed by atoms with Gasteiger partial charge in [0.2, 0.25) is 0 Å². The second kappa shape index (κ2) is 8.10. The van der Waals surface area contributed by atoms with Crippen LogP contribution in [0.25, 0.3) is 5.57 Å². The van der Waals surface area contributed by atoms with Gasteiger partial charge in [-0.25, -0.2) is 0 Å². The maximum atomic E-state index is 10.9. The fourth-order valence-electron chi connectivity index (χ4n) is 3.50. The molecular formula is C21H20N2O4S. The molecule has 4 rings (SSSR count). The maximum absolute atomic E-state index is 10.9. The van der Waals surface area contributed by atoms with E-state index in [1.807, 2.05) is 18.2 Å². The van der Waals surface area contributed by atoms with Crippen molar-refractivity contribution in [3.8, 4) is 0 Å². The van der Waals surface area contributed by atoms with Crippen molar-refractivity contribution in [3.63, 3.8) is 0 Å². The van der Waals surface area contributed by atoms with E-state index in [1.165, 1.54) is 16.5 Å². The molecule has 0 saturated carbocycles. The fourth-order valence-corrected chi connectivity index (χ4v) is 4.32. The Morgan fingerprint density at radius 2 is 2.04 bits per heavy atom. The monoisotopic (exact) mass is 396 g/mol. The number of hydrogen-bond donors (Lipinski definition) is 1. The lowest BCUT2D eigenvalue weighted by atomic mass is 9.94. The molecule has 3 heterocycles. The van der Waals surface area contributed by atoms with E-state index >= 15 is 0 Å². The number of rotatable bonds is 6. The van der Waals surface area contributed by atoms with Gasteiger partial charge in [-0.2, -0.15) is 0 Å². The summed E-state index contributed by atoms with van der Waals surface area (Å²) in [5.74, 6) is 0.372. The molecular weight excluding hydrogens is 376 g/mol. The van der Waals surface area contributed by atoms with Gasteiger partial charge >= 0.3 is 5.88 Å². The van der Waals surface area contributed by atoms with Crippen molar-refractivity contribution in [2.75, 3.05) is 6.54 Å². The first-order chi connectivity index (χ1) is 13.6. The first kappa shape index (κ1) is 18.6. The highest BCUT2D eigenvalue weighted by molar-refractivity contribution is 7.10. The van der Waals surface area contributed by atoms with Gasteiger partial charge in [-0.1, -0.05) is 36.4 Å². The molecule has 0 fully saturated rings. The van der Waals surface area contributed by atoms with Crippen molar-refractivity contribution in [1.29, 1.82) is 0 Å². The molecule has 1 N–H and O–H groups in total. The van der Waals surface area contributed by atoms with E-state index in [9.17, 15) is 15.2 Å². The molecule has 1 aliphatic heterocycles. The van der Waals surface area contributed by atoms with Crippen LogP contribution in [0.3, 0.4) is 0 Å². The zero-order valence-electron chi connectivity index (χ0n) is 15.2. The van der Waals surface area contributed by atoms with Crippen LogP contribution in [0.15, 0.2) is 64.4 Å². The minimum Gasteiger partial charge on any atom is -0.404 e. The van der Waals surface area contributed by atoms with Gasteiger partial charge in [-0.3, -0.25) is 15.0 Å². The first-order valence-electron chi connectivity index (χ1n) is 9.05. The summed E-state index contributed by atoms with van der Waals surface area (Å²) in [6, 6.07) is 15.3. The zero-order valence-corrected chi connectivity index (χ0v) is 16.0. The van der Waals surface area contributed by atoms with E-state index in [4.69, 9.17) is 4.42 Å². The van der Waals surface area contributed by atoms with Crippen LogP contribution >= 0.6 is 11.3 Å². The van der Waals surface area contributed by atoms with Crippen molar-refractivity contribution < 1.29 is 14.4 Å². The number of hydrogen-bond acceptors (Lipinski definition) is 6. The third-order valence-corrected chi connectivity index (χ3v) is 5.89. The summed E-state index contributed by atoms with van der Waals surface area (Å²) in [4.78, 5) is 13.9. The molecule has 1 aliphatic rings. The molecule has 6 nitrogen and oxygen atoms in total. The molecule has 0 spiro atoms. The molecule has 144 valence electrons. The van der Waals surface area contributed by atoms with E-state index < -0.39 is 4.92 Å². The molecule has 3 aromatic rings. The largest absolute Gasteiger partial charge is 0.433 e. The van der Waals surface area contributed by atoms with E-state index in [2.05, 4.69) is 34.6 Å². The smallest absolute Gasteiger partial charge is 0.404 e. The average Bonchev–Trinajstić information content (AvgIpc) is 3.41. The summed E-state index contributed by atoms with van der Waals surface area (Å²) in [6.45, 7) is 1.38. The van der Waals surface area contributed by atoms with Gasteiger partial charge in [0.15, 0.2) is 0 Å². The fraction of sp³-hybridized carbons (Fsp3) is 0.238. The van der Waals surface area contributed by atoms with Crippen molar-refractivity contribution in [2.24, 2.45) is 0 Å². The number of nitrogens with zero attached hydrogens (tertiary/aromatic N) is 2. The minimum atomic E-state index is -0.509. The van der Waals surface area contributed by atoms with E-state index in [-0.39, 0.29) is 18.5 Å². The van der Waals surface area contributed by atoms with Gasteiger partial charge < -0.3 is 9.52 Å². The van der Waals surface area contributed by atoms with Crippen molar-refractivity contribution in [3.05, 3.63) is 91.9 Å². The van der Waals surface area contributed by atoms with Crippen LogP contribution in [-0.2, 0) is 13.2 Å². The lowest BCUT2D eigenvalue weighted by Crippen LogP contribution is -2.31. The predicted molar refractivity (Wildman–Crippen MR) is 108 cm³/mol. The summed E-state index contributed by atoms with van der Waals surface area (Å²) < 4.78 is 5.37. The zero-order chi connectivity index (χ0) is 19.5. The van der Waals surface area contributed by atoms with Gasteiger partial charge in [0.05, 0.1) is 25.3 Å². The lowest BCUT2D eigenvalue weighted by molar-refractivity contribution is -0.402. The maximum Gasteiger partial charge on any atom is 0.433 e. The van der Waals surface area contributed by atoms with Crippen LogP contribution in [-0.4, -0.2) is 21.5 Å². The van der Waals surface area contributed by atoms with Gasteiger partial charge in [-0.15, -0.1) is 11.3 Å². The molecule has 0 radical (unpaired) electrons. The van der Waals surface area contributed by atoms with Crippen molar-refractivity contribution >= 4 is 22.8 Å². The van der Waals surface area contributed by atoms with Gasteiger partial charge in [0, 0.05) is 11.4 Å². The third kappa shape index (κ3) is 3.91. The summed E-state index contributed by atoms with van der Waals surface area (Å²) >= 11 is 1.70. The molecule has 0 saturated heterocycles. The van der Waals surface area contributed by atoms with Crippen LogP contribution in [0.1, 0.15) is 34.2 Å². The van der Waals surface area contributed by atoms with Crippen molar-refractivity contribution in [2.45, 2.75) is 25.6 Å². The van der Waals surface area contributed by atoms with Crippen LogP contribution in [0.5, 0.6) is 0 Å². The summed E-state index contributed by atoms with van der Waals surface area (Å²) in [5.41, 5.74) is 3.33. The van der Waals surface area contributed by atoms with Crippen LogP contribution < -0.4 is 0 Å². The number of aliphatic hydroxyl groups excluding tert-OH is 1. The Labute approximate surface area is 166 Å². The van der Waals surface area contributed by atoms with E-state index in [1.54, 1.807) is 17.4 Å². The molecule has 1 atom stereocenters. The topological polar surface area (TPSA) is 79.8 Å². The summed E-state index contributed by atoms with van der Waals surface area (Å²) in [6.07, 6.45) is 3.14. The highest BCUT2D eigenvalue weighted by Crippen LogP contribution is 2.36. The molecule has 1 aromatic carbocycles. The molecule has 2 aromatic heterocycles. The minimum absolute atomic E-state index is 0.0419. The highest BCUT2D eigenvalue weighted by Gasteiger charge is 2.26. The average molecular weight is 396 g/mol. The van der Waals surface area contributed by atoms with Crippen LogP contribution in [0.4, 0.5) is 5.88 Å². The number of thiophene rings is 1. The number of furan rings is 1. The van der Waals surface area contributed by atoms with E-state index in [0.29, 0.717) is 12.3 Å². The van der Waals surface area contributed by atoms with E-state index in [0.717, 1.165) is 24.1 Å². The Balaban J connectivity index is 1.60. The van der Waals surface area contributed by atoms with Gasteiger partial charge in [0.25, 0.3) is 0 Å².